The van der Waals surface area contributed by atoms with Crippen LogP contribution in [0.25, 0.3) is 11.0 Å². The minimum atomic E-state index is -0.709. The highest BCUT2D eigenvalue weighted by Gasteiger charge is 2.44. The van der Waals surface area contributed by atoms with Crippen LogP contribution in [0.5, 0.6) is 11.5 Å². The van der Waals surface area contributed by atoms with Crippen LogP contribution in [0, 0.1) is 0 Å². The Bertz CT molecular complexity index is 1560. The second-order valence-corrected chi connectivity index (χ2v) is 10.9. The summed E-state index contributed by atoms with van der Waals surface area (Å²) in [6.07, 6.45) is 3.15. The van der Waals surface area contributed by atoms with Gasteiger partial charge >= 0.3 is 0 Å². The summed E-state index contributed by atoms with van der Waals surface area (Å²) in [5.41, 5.74) is 1.80. The number of carbonyl (C=O) groups excluding carboxylic acids is 1. The number of halogens is 2. The molecule has 0 aliphatic carbocycles. The molecule has 1 aliphatic rings. The van der Waals surface area contributed by atoms with Crippen LogP contribution in [0.1, 0.15) is 60.8 Å². The van der Waals surface area contributed by atoms with Gasteiger partial charge < -0.3 is 13.9 Å². The Morgan fingerprint density at radius 2 is 1.71 bits per heavy atom. The molecule has 6 nitrogen and oxygen atoms in total. The third-order valence-electron chi connectivity index (χ3n) is 6.51. The Morgan fingerprint density at radius 1 is 0.895 bits per heavy atom. The van der Waals surface area contributed by atoms with Gasteiger partial charge in [0, 0.05) is 14.6 Å². The number of fused-ring (bicyclic) bond motifs is 2. The fourth-order valence-corrected chi connectivity index (χ4v) is 5.52. The summed E-state index contributed by atoms with van der Waals surface area (Å²) in [6, 6.07) is 17.5. The zero-order valence-electron chi connectivity index (χ0n) is 21.1. The van der Waals surface area contributed by atoms with Crippen molar-refractivity contribution in [2.45, 2.75) is 39.2 Å². The van der Waals surface area contributed by atoms with E-state index in [4.69, 9.17) is 13.9 Å². The number of anilines is 1. The van der Waals surface area contributed by atoms with E-state index in [1.54, 1.807) is 23.1 Å². The Kier molecular flexibility index (Phi) is 7.91. The van der Waals surface area contributed by atoms with Crippen molar-refractivity contribution >= 4 is 54.4 Å². The van der Waals surface area contributed by atoms with E-state index in [0.29, 0.717) is 46.9 Å². The minimum Gasteiger partial charge on any atom is -0.490 e. The lowest BCUT2D eigenvalue weighted by Gasteiger charge is -2.26. The van der Waals surface area contributed by atoms with Crippen molar-refractivity contribution in [2.24, 2.45) is 0 Å². The van der Waals surface area contributed by atoms with Crippen molar-refractivity contribution in [1.82, 2.24) is 0 Å². The fourth-order valence-electron chi connectivity index (χ4n) is 4.77. The van der Waals surface area contributed by atoms with Gasteiger partial charge in [0.1, 0.15) is 5.58 Å². The van der Waals surface area contributed by atoms with Gasteiger partial charge in [-0.1, -0.05) is 63.8 Å². The summed E-state index contributed by atoms with van der Waals surface area (Å²) < 4.78 is 19.6. The number of nitrogens with zero attached hydrogens (tertiary/aromatic N) is 1. The lowest BCUT2D eigenvalue weighted by atomic mass is 9.97. The molecule has 0 spiro atoms. The molecule has 0 saturated heterocycles. The van der Waals surface area contributed by atoms with Crippen molar-refractivity contribution < 1.29 is 18.7 Å². The molecule has 4 aromatic rings. The van der Waals surface area contributed by atoms with Crippen LogP contribution in [-0.4, -0.2) is 19.1 Å². The maximum atomic E-state index is 13.9. The smallest absolute Gasteiger partial charge is 0.295 e. The van der Waals surface area contributed by atoms with Gasteiger partial charge in [0.15, 0.2) is 16.9 Å². The molecular weight excluding hydrogens is 614 g/mol. The average molecular weight is 641 g/mol. The van der Waals surface area contributed by atoms with Gasteiger partial charge in [0.05, 0.1) is 30.2 Å². The van der Waals surface area contributed by atoms with Gasteiger partial charge in [-0.3, -0.25) is 14.5 Å². The number of hydrogen-bond acceptors (Lipinski definition) is 5. The highest BCUT2D eigenvalue weighted by atomic mass is 79.9. The number of benzene rings is 3. The number of ether oxygens (including phenoxy) is 2. The molecule has 38 heavy (non-hydrogen) atoms. The maximum absolute atomic E-state index is 13.9. The molecular formula is C30H27Br2NO5. The quantitative estimate of drug-likeness (QED) is 0.173. The lowest BCUT2D eigenvalue weighted by molar-refractivity contribution is 0.0971. The van der Waals surface area contributed by atoms with Crippen LogP contribution in [0.15, 0.2) is 78.8 Å². The number of rotatable bonds is 9. The monoisotopic (exact) mass is 639 g/mol. The van der Waals surface area contributed by atoms with Gasteiger partial charge in [-0.05, 0) is 67.4 Å². The molecule has 2 heterocycles. The second-order valence-electron chi connectivity index (χ2n) is 9.07. The van der Waals surface area contributed by atoms with Gasteiger partial charge in [-0.2, -0.15) is 0 Å². The predicted octanol–water partition coefficient (Wildman–Crippen LogP) is 8.04. The number of carbonyl (C=O) groups is 1. The summed E-state index contributed by atoms with van der Waals surface area (Å²) >= 11 is 6.96. The van der Waals surface area contributed by atoms with E-state index in [0.717, 1.165) is 33.8 Å². The van der Waals surface area contributed by atoms with E-state index in [9.17, 15) is 9.59 Å². The first-order chi connectivity index (χ1) is 18.4. The molecule has 0 radical (unpaired) electrons. The van der Waals surface area contributed by atoms with E-state index in [-0.39, 0.29) is 17.1 Å². The van der Waals surface area contributed by atoms with Gasteiger partial charge in [-0.25, -0.2) is 0 Å². The zero-order chi connectivity index (χ0) is 26.8. The molecule has 0 saturated carbocycles. The standard InChI is InChI=1S/C30H27Br2NO5/c1-3-5-6-14-37-24-12-10-18(15-25(24)36-4-2)27-26-28(34)22-17-20(32)11-13-23(22)38-29(26)30(35)33(27)21-9-7-8-19(31)16-21/h7-13,15-17,27H,3-6,14H2,1-2H3. The highest BCUT2D eigenvalue weighted by Crippen LogP contribution is 2.44. The van der Waals surface area contributed by atoms with Crippen LogP contribution >= 0.6 is 31.9 Å². The van der Waals surface area contributed by atoms with Crippen LogP contribution in [0.2, 0.25) is 0 Å². The lowest BCUT2D eigenvalue weighted by Crippen LogP contribution is -2.29. The predicted molar refractivity (Wildman–Crippen MR) is 156 cm³/mol. The van der Waals surface area contributed by atoms with E-state index in [1.807, 2.05) is 49.4 Å². The third kappa shape index (κ3) is 4.99. The third-order valence-corrected chi connectivity index (χ3v) is 7.49. The van der Waals surface area contributed by atoms with Crippen molar-refractivity contribution in [1.29, 1.82) is 0 Å². The summed E-state index contributed by atoms with van der Waals surface area (Å²) in [7, 11) is 0. The summed E-state index contributed by atoms with van der Waals surface area (Å²) in [4.78, 5) is 29.4. The average Bonchev–Trinajstić information content (AvgIpc) is 3.20. The molecule has 5 rings (SSSR count). The van der Waals surface area contributed by atoms with E-state index >= 15 is 0 Å². The molecule has 3 aromatic carbocycles. The summed E-state index contributed by atoms with van der Waals surface area (Å²) in [5, 5.41) is 0.410. The SMILES string of the molecule is CCCCCOc1ccc(C2c3c(oc4ccc(Br)cc4c3=O)C(=O)N2c2cccc(Br)c2)cc1OCC. The van der Waals surface area contributed by atoms with Gasteiger partial charge in [0.25, 0.3) is 5.91 Å². The van der Waals surface area contributed by atoms with Crippen molar-refractivity contribution in [3.63, 3.8) is 0 Å². The summed E-state index contributed by atoms with van der Waals surface area (Å²) in [6.45, 7) is 5.10. The molecule has 196 valence electrons. The van der Waals surface area contributed by atoms with Crippen LogP contribution in [0.4, 0.5) is 5.69 Å². The van der Waals surface area contributed by atoms with Gasteiger partial charge in [0.2, 0.25) is 5.76 Å². The van der Waals surface area contributed by atoms with Crippen LogP contribution in [-0.2, 0) is 0 Å². The number of unbranched alkanes of at least 4 members (excludes halogenated alkanes) is 2. The zero-order valence-corrected chi connectivity index (χ0v) is 24.3. The van der Waals surface area contributed by atoms with Crippen LogP contribution < -0.4 is 19.8 Å². The van der Waals surface area contributed by atoms with E-state index in [2.05, 4.69) is 38.8 Å². The Hall–Kier alpha value is -3.10. The molecule has 1 atom stereocenters. The number of hydrogen-bond donors (Lipinski definition) is 0. The first-order valence-corrected chi connectivity index (χ1v) is 14.3. The maximum Gasteiger partial charge on any atom is 0.295 e. The molecule has 0 fully saturated rings. The highest BCUT2D eigenvalue weighted by molar-refractivity contribution is 9.10. The molecule has 8 heteroatoms. The molecule has 0 N–H and O–H groups in total. The molecule has 1 aliphatic heterocycles. The Labute approximate surface area is 237 Å². The topological polar surface area (TPSA) is 69.0 Å². The van der Waals surface area contributed by atoms with Crippen molar-refractivity contribution in [3.8, 4) is 11.5 Å². The first-order valence-electron chi connectivity index (χ1n) is 12.7. The Balaban J connectivity index is 1.68. The van der Waals surface area contributed by atoms with E-state index < -0.39 is 6.04 Å². The molecule has 1 amide bonds. The number of amides is 1. The molecule has 0 bridgehead atoms. The van der Waals surface area contributed by atoms with Crippen molar-refractivity contribution in [3.05, 3.63) is 96.7 Å². The van der Waals surface area contributed by atoms with Crippen LogP contribution in [0.3, 0.4) is 0 Å². The molecule has 1 unspecified atom stereocenters. The van der Waals surface area contributed by atoms with Gasteiger partial charge in [-0.15, -0.1) is 0 Å². The first kappa shape index (κ1) is 26.5. The largest absolute Gasteiger partial charge is 0.490 e. The fraction of sp³-hybridized carbons (Fsp3) is 0.267. The van der Waals surface area contributed by atoms with Crippen molar-refractivity contribution in [2.75, 3.05) is 18.1 Å². The van der Waals surface area contributed by atoms with E-state index in [1.165, 1.54) is 0 Å². The second kappa shape index (κ2) is 11.3. The summed E-state index contributed by atoms with van der Waals surface area (Å²) in [5.74, 6) is 0.889. The Morgan fingerprint density at radius 3 is 2.47 bits per heavy atom. The minimum absolute atomic E-state index is 0.0487. The normalized spacial score (nSPS) is 14.7. The molecule has 1 aromatic heterocycles.